The fourth-order valence-electron chi connectivity index (χ4n) is 6.86. The Labute approximate surface area is 298 Å². The van der Waals surface area contributed by atoms with Gasteiger partial charge in [0.15, 0.2) is 5.82 Å². The first kappa shape index (κ1) is 32.8. The minimum absolute atomic E-state index is 0.0379. The number of hydrogen-bond donors (Lipinski definition) is 2. The molecule has 0 radical (unpaired) electrons. The second kappa shape index (κ2) is 13.1. The lowest BCUT2D eigenvalue weighted by atomic mass is 9.78. The lowest BCUT2D eigenvalue weighted by Crippen LogP contribution is -2.54. The number of piperidine rings is 1. The van der Waals surface area contributed by atoms with Crippen LogP contribution in [-0.4, -0.2) is 66.7 Å². The van der Waals surface area contributed by atoms with E-state index in [0.29, 0.717) is 23.1 Å². The van der Waals surface area contributed by atoms with Crippen molar-refractivity contribution in [3.63, 3.8) is 0 Å². The average Bonchev–Trinajstić information content (AvgIpc) is 3.75. The molecular formula is C39H35N7O6. The minimum Gasteiger partial charge on any atom is -0.490 e. The maximum absolute atomic E-state index is 13.2. The smallest absolute Gasteiger partial charge is 0.262 e. The first-order chi connectivity index (χ1) is 25.1. The summed E-state index contributed by atoms with van der Waals surface area (Å²) in [4.78, 5) is 55.6. The van der Waals surface area contributed by atoms with Gasteiger partial charge in [0.2, 0.25) is 17.7 Å². The number of anilines is 1. The second-order valence-corrected chi connectivity index (χ2v) is 13.7. The molecule has 2 fully saturated rings. The van der Waals surface area contributed by atoms with Crippen LogP contribution in [0, 0.1) is 0 Å². The van der Waals surface area contributed by atoms with Gasteiger partial charge < -0.3 is 14.8 Å². The Morgan fingerprint density at radius 1 is 0.846 bits per heavy atom. The Bertz CT molecular complexity index is 2180. The van der Waals surface area contributed by atoms with Crippen LogP contribution in [0.2, 0.25) is 0 Å². The van der Waals surface area contributed by atoms with E-state index in [1.807, 2.05) is 36.4 Å². The zero-order valence-corrected chi connectivity index (χ0v) is 28.5. The molecule has 5 aromatic rings. The Kier molecular flexibility index (Phi) is 8.25. The van der Waals surface area contributed by atoms with Crippen LogP contribution in [-0.2, 0) is 15.0 Å². The van der Waals surface area contributed by atoms with E-state index in [4.69, 9.17) is 9.47 Å². The number of imide groups is 2. The van der Waals surface area contributed by atoms with E-state index in [-0.39, 0.29) is 41.5 Å². The highest BCUT2D eigenvalue weighted by Gasteiger charge is 2.45. The molecule has 13 heteroatoms. The fraction of sp³-hybridized carbons (Fsp3) is 0.256. The molecule has 1 saturated heterocycles. The van der Waals surface area contributed by atoms with Crippen molar-refractivity contribution in [3.05, 3.63) is 120 Å². The van der Waals surface area contributed by atoms with Crippen LogP contribution in [0.5, 0.6) is 17.4 Å². The average molecular weight is 698 g/mol. The Morgan fingerprint density at radius 3 is 2.25 bits per heavy atom. The van der Waals surface area contributed by atoms with Crippen molar-refractivity contribution >= 4 is 29.3 Å². The Balaban J connectivity index is 0.840. The predicted molar refractivity (Wildman–Crippen MR) is 188 cm³/mol. The third kappa shape index (κ3) is 6.25. The normalized spacial score (nSPS) is 19.9. The van der Waals surface area contributed by atoms with Gasteiger partial charge in [0, 0.05) is 42.5 Å². The third-order valence-electron chi connectivity index (χ3n) is 9.95. The Morgan fingerprint density at radius 2 is 1.56 bits per heavy atom. The van der Waals surface area contributed by atoms with Gasteiger partial charge in [-0.25, -0.2) is 4.68 Å². The monoisotopic (exact) mass is 697 g/mol. The van der Waals surface area contributed by atoms with Crippen LogP contribution in [0.3, 0.4) is 0 Å². The number of carbonyl (C=O) groups is 4. The van der Waals surface area contributed by atoms with Gasteiger partial charge in [0.1, 0.15) is 23.6 Å². The van der Waals surface area contributed by atoms with Crippen LogP contribution >= 0.6 is 0 Å². The van der Waals surface area contributed by atoms with Crippen LogP contribution in [0.15, 0.2) is 97.3 Å². The summed E-state index contributed by atoms with van der Waals surface area (Å²) in [6, 6.07) is 25.9. The summed E-state index contributed by atoms with van der Waals surface area (Å²) in [5.41, 5.74) is 3.23. The molecule has 2 N–H and O–H groups in total. The molecule has 8 rings (SSSR count). The van der Waals surface area contributed by atoms with Crippen molar-refractivity contribution in [2.45, 2.75) is 63.1 Å². The summed E-state index contributed by atoms with van der Waals surface area (Å²) in [7, 11) is 0. The third-order valence-corrected chi connectivity index (χ3v) is 9.95. The number of hydrogen-bond acceptors (Lipinski definition) is 10. The molecule has 1 aliphatic carbocycles. The molecule has 2 aromatic heterocycles. The summed E-state index contributed by atoms with van der Waals surface area (Å²) in [6.45, 7) is 4.36. The van der Waals surface area contributed by atoms with E-state index in [2.05, 4.69) is 64.0 Å². The van der Waals surface area contributed by atoms with Gasteiger partial charge in [0.05, 0.1) is 23.5 Å². The number of aromatic nitrogens is 4. The number of carbonyl (C=O) groups excluding carboxylic acids is 4. The molecular weight excluding hydrogens is 662 g/mol. The molecule has 4 amide bonds. The van der Waals surface area contributed by atoms with Gasteiger partial charge in [-0.1, -0.05) is 49.4 Å². The molecule has 3 aliphatic rings. The van der Waals surface area contributed by atoms with Gasteiger partial charge in [-0.05, 0) is 66.1 Å². The summed E-state index contributed by atoms with van der Waals surface area (Å²) < 4.78 is 13.8. The first-order valence-corrected chi connectivity index (χ1v) is 17.1. The van der Waals surface area contributed by atoms with Crippen molar-refractivity contribution in [2.24, 2.45) is 0 Å². The Hall–Kier alpha value is -6.37. The van der Waals surface area contributed by atoms with Gasteiger partial charge in [-0.2, -0.15) is 4.98 Å². The van der Waals surface area contributed by atoms with E-state index in [1.54, 1.807) is 41.3 Å². The number of nitrogens with zero attached hydrogens (tertiary/aromatic N) is 5. The van der Waals surface area contributed by atoms with Crippen molar-refractivity contribution < 1.29 is 28.7 Å². The topological polar surface area (TPSA) is 158 Å². The van der Waals surface area contributed by atoms with E-state index in [9.17, 15) is 19.2 Å². The van der Waals surface area contributed by atoms with Gasteiger partial charge in [-0.15, -0.1) is 5.10 Å². The van der Waals surface area contributed by atoms with Crippen LogP contribution < -0.4 is 20.1 Å². The number of rotatable bonds is 10. The predicted octanol–water partition coefficient (Wildman–Crippen LogP) is 5.20. The number of pyridine rings is 1. The molecule has 1 saturated carbocycles. The fourth-order valence-corrected chi connectivity index (χ4v) is 6.86. The molecule has 2 aliphatic heterocycles. The van der Waals surface area contributed by atoms with E-state index < -0.39 is 29.7 Å². The summed E-state index contributed by atoms with van der Waals surface area (Å²) >= 11 is 0. The molecule has 13 nitrogen and oxygen atoms in total. The highest BCUT2D eigenvalue weighted by Crippen LogP contribution is 2.36. The molecule has 0 spiro atoms. The molecule has 0 bridgehead atoms. The largest absolute Gasteiger partial charge is 0.490 e. The summed E-state index contributed by atoms with van der Waals surface area (Å²) in [6.07, 6.45) is 5.10. The van der Waals surface area contributed by atoms with E-state index >= 15 is 0 Å². The highest BCUT2D eigenvalue weighted by atomic mass is 16.5. The molecule has 1 atom stereocenters. The van der Waals surface area contributed by atoms with Crippen molar-refractivity contribution in [1.82, 2.24) is 30.2 Å². The van der Waals surface area contributed by atoms with Crippen molar-refractivity contribution in [1.29, 1.82) is 0 Å². The second-order valence-electron chi connectivity index (χ2n) is 13.7. The van der Waals surface area contributed by atoms with Crippen molar-refractivity contribution in [3.8, 4) is 23.2 Å². The standard InChI is InChI=1S/C39H35N7O6/c1-39(2,24-8-13-28(14-9-24)52-35-5-3-4-33(42-35)45-19-18-40-44-45)23-6-11-27(12-7-23)51-29-20-26(21-29)41-25-10-15-30-31(22-25)38(50)46(37(30)49)32-16-17-34(47)43-36(32)48/h3-15,18-19,22,26,29,32,41H,16-17,20-21H2,1-2H3,(H,43,47,48)/t26-,29-,32?. The number of fused-ring (bicyclic) bond motifs is 1. The van der Waals surface area contributed by atoms with E-state index in [1.165, 1.54) is 0 Å². The molecule has 1 unspecified atom stereocenters. The zero-order chi connectivity index (χ0) is 36.0. The molecule has 4 heterocycles. The molecule has 262 valence electrons. The maximum atomic E-state index is 13.2. The van der Waals surface area contributed by atoms with Gasteiger partial charge in [-0.3, -0.25) is 29.4 Å². The van der Waals surface area contributed by atoms with Crippen LogP contribution in [0.4, 0.5) is 5.69 Å². The lowest BCUT2D eigenvalue weighted by molar-refractivity contribution is -0.136. The van der Waals surface area contributed by atoms with Crippen LogP contribution in [0.1, 0.15) is 71.4 Å². The van der Waals surface area contributed by atoms with E-state index in [0.717, 1.165) is 34.6 Å². The van der Waals surface area contributed by atoms with Crippen LogP contribution in [0.25, 0.3) is 5.82 Å². The maximum Gasteiger partial charge on any atom is 0.262 e. The first-order valence-electron chi connectivity index (χ1n) is 17.1. The zero-order valence-electron chi connectivity index (χ0n) is 28.5. The highest BCUT2D eigenvalue weighted by molar-refractivity contribution is 6.23. The number of benzene rings is 3. The summed E-state index contributed by atoms with van der Waals surface area (Å²) in [5, 5.41) is 13.5. The van der Waals surface area contributed by atoms with Crippen molar-refractivity contribution in [2.75, 3.05) is 5.32 Å². The lowest BCUT2D eigenvalue weighted by Gasteiger charge is -2.36. The van der Waals surface area contributed by atoms with Gasteiger partial charge >= 0.3 is 0 Å². The quantitative estimate of drug-likeness (QED) is 0.186. The number of amides is 4. The molecule has 52 heavy (non-hydrogen) atoms. The minimum atomic E-state index is -0.988. The SMILES string of the molecule is CC(C)(c1ccc(Oc2cccc(-n3ccnn3)n2)cc1)c1ccc(O[C@H]2C[C@H](Nc3ccc4c(c3)C(=O)N(C3CCC(=O)NC3=O)C4=O)C2)cc1. The van der Waals surface area contributed by atoms with Gasteiger partial charge in [0.25, 0.3) is 11.8 Å². The molecule has 3 aromatic carbocycles. The number of ether oxygens (including phenoxy) is 2. The number of nitrogens with one attached hydrogen (secondary N) is 2. The summed E-state index contributed by atoms with van der Waals surface area (Å²) in [5.74, 6) is 0.480.